The zero-order valence-corrected chi connectivity index (χ0v) is 22.3. The molecule has 8 heteroatoms. The Morgan fingerprint density at radius 2 is 1.74 bits per heavy atom. The van der Waals surface area contributed by atoms with Crippen LogP contribution in [0.1, 0.15) is 31.2 Å². The maximum atomic E-state index is 13.9. The third kappa shape index (κ3) is 3.54. The van der Waals surface area contributed by atoms with E-state index in [0.29, 0.717) is 40.1 Å². The number of phenolic OH excluding ortho intramolecular Hbond substituents is 1. The second kappa shape index (κ2) is 8.91. The normalized spacial score (nSPS) is 26.6. The molecule has 192 valence electrons. The van der Waals surface area contributed by atoms with Gasteiger partial charge in [-0.3, -0.25) is 24.1 Å². The summed E-state index contributed by atoms with van der Waals surface area (Å²) in [5, 5.41) is 10.1. The topological polar surface area (TPSA) is 101 Å². The summed E-state index contributed by atoms with van der Waals surface area (Å²) in [6.45, 7) is 1.63. The summed E-state index contributed by atoms with van der Waals surface area (Å²) in [5.41, 5.74) is 3.10. The molecular formula is C30H24BrNO6. The average Bonchev–Trinajstić information content (AvgIpc) is 3.16. The molecule has 38 heavy (non-hydrogen) atoms. The van der Waals surface area contributed by atoms with E-state index in [4.69, 9.17) is 4.74 Å². The Bertz CT molecular complexity index is 1530. The van der Waals surface area contributed by atoms with Crippen molar-refractivity contribution in [3.63, 3.8) is 0 Å². The van der Waals surface area contributed by atoms with Gasteiger partial charge in [-0.05, 0) is 62.1 Å². The molecule has 0 spiro atoms. The van der Waals surface area contributed by atoms with Gasteiger partial charge in [-0.1, -0.05) is 33.6 Å². The van der Waals surface area contributed by atoms with Crippen molar-refractivity contribution < 1.29 is 29.0 Å². The van der Waals surface area contributed by atoms with Crippen molar-refractivity contribution in [2.75, 3.05) is 12.0 Å². The molecule has 0 bridgehead atoms. The molecule has 0 aromatic heterocycles. The smallest absolute Gasteiger partial charge is 0.238 e. The highest BCUT2D eigenvalue weighted by atomic mass is 79.9. The number of ketones is 2. The molecule has 4 unspecified atom stereocenters. The van der Waals surface area contributed by atoms with Crippen LogP contribution in [0.15, 0.2) is 81.4 Å². The minimum atomic E-state index is -0.652. The number of aromatic hydroxyl groups is 1. The Labute approximate surface area is 227 Å². The van der Waals surface area contributed by atoms with Gasteiger partial charge in [0.1, 0.15) is 11.5 Å². The van der Waals surface area contributed by atoms with Crippen molar-refractivity contribution in [3.05, 3.63) is 86.9 Å². The largest absolute Gasteiger partial charge is 0.508 e. The first-order valence-corrected chi connectivity index (χ1v) is 13.2. The molecular weight excluding hydrogens is 550 g/mol. The van der Waals surface area contributed by atoms with Crippen molar-refractivity contribution in [1.29, 1.82) is 0 Å². The number of carbonyl (C=O) groups is 4. The van der Waals surface area contributed by atoms with Crippen molar-refractivity contribution in [3.8, 4) is 11.5 Å². The third-order valence-electron chi connectivity index (χ3n) is 8.18. The van der Waals surface area contributed by atoms with Crippen LogP contribution in [0.3, 0.4) is 0 Å². The van der Waals surface area contributed by atoms with Crippen LogP contribution in [-0.2, 0) is 19.2 Å². The van der Waals surface area contributed by atoms with E-state index in [1.54, 1.807) is 37.3 Å². The van der Waals surface area contributed by atoms with Crippen LogP contribution in [0, 0.1) is 17.8 Å². The van der Waals surface area contributed by atoms with E-state index in [9.17, 15) is 24.3 Å². The van der Waals surface area contributed by atoms with Crippen molar-refractivity contribution in [1.82, 2.24) is 0 Å². The Morgan fingerprint density at radius 3 is 2.45 bits per heavy atom. The molecule has 1 saturated heterocycles. The lowest BCUT2D eigenvalue weighted by atomic mass is 9.59. The molecule has 4 aliphatic rings. The number of fused-ring (bicyclic) bond motifs is 3. The average molecular weight is 574 g/mol. The van der Waals surface area contributed by atoms with Crippen LogP contribution in [0.25, 0.3) is 0 Å². The molecule has 2 amide bonds. The molecule has 6 rings (SSSR count). The number of Topliss-reactive ketones (excluding diaryl/α,β-unsaturated/α-hetero) is 1. The number of ether oxygens (including phenoxy) is 1. The number of rotatable bonds is 3. The van der Waals surface area contributed by atoms with Crippen LogP contribution < -0.4 is 9.64 Å². The predicted octanol–water partition coefficient (Wildman–Crippen LogP) is 4.80. The Kier molecular flexibility index (Phi) is 5.76. The Hall–Kier alpha value is -3.78. The van der Waals surface area contributed by atoms with Gasteiger partial charge in [0, 0.05) is 38.7 Å². The number of halogens is 1. The van der Waals surface area contributed by atoms with Crippen LogP contribution in [0.2, 0.25) is 0 Å². The van der Waals surface area contributed by atoms with E-state index in [1.807, 2.05) is 6.08 Å². The van der Waals surface area contributed by atoms with Crippen molar-refractivity contribution >= 4 is 45.0 Å². The van der Waals surface area contributed by atoms with E-state index in [0.717, 1.165) is 10.0 Å². The first-order valence-electron chi connectivity index (χ1n) is 12.4. The molecule has 4 atom stereocenters. The fourth-order valence-electron chi connectivity index (χ4n) is 6.50. The molecule has 0 saturated carbocycles. The van der Waals surface area contributed by atoms with Crippen LogP contribution in [0.5, 0.6) is 11.5 Å². The van der Waals surface area contributed by atoms with Gasteiger partial charge in [0.25, 0.3) is 0 Å². The van der Waals surface area contributed by atoms with Gasteiger partial charge < -0.3 is 9.84 Å². The lowest BCUT2D eigenvalue weighted by Crippen LogP contribution is -2.40. The van der Waals surface area contributed by atoms with Gasteiger partial charge in [-0.2, -0.15) is 0 Å². The van der Waals surface area contributed by atoms with Crippen LogP contribution in [-0.4, -0.2) is 35.6 Å². The molecule has 1 heterocycles. The van der Waals surface area contributed by atoms with E-state index >= 15 is 0 Å². The van der Waals surface area contributed by atoms with Crippen molar-refractivity contribution in [2.24, 2.45) is 17.8 Å². The number of imide groups is 1. The molecule has 1 N–H and O–H groups in total. The third-order valence-corrected chi connectivity index (χ3v) is 8.71. The molecule has 7 nitrogen and oxygen atoms in total. The molecule has 2 aromatic carbocycles. The number of hydrogen-bond acceptors (Lipinski definition) is 6. The fourth-order valence-corrected chi connectivity index (χ4v) is 6.76. The second-order valence-electron chi connectivity index (χ2n) is 10.1. The van der Waals surface area contributed by atoms with Gasteiger partial charge in [-0.25, -0.2) is 0 Å². The summed E-state index contributed by atoms with van der Waals surface area (Å²) < 4.78 is 6.42. The van der Waals surface area contributed by atoms with Gasteiger partial charge in [0.15, 0.2) is 11.6 Å². The lowest BCUT2D eigenvalue weighted by molar-refractivity contribution is -0.123. The molecule has 1 aliphatic heterocycles. The fraction of sp³-hybridized carbons (Fsp3) is 0.267. The number of anilines is 1. The lowest BCUT2D eigenvalue weighted by Gasteiger charge is -2.42. The van der Waals surface area contributed by atoms with Gasteiger partial charge in [0.05, 0.1) is 24.6 Å². The number of benzene rings is 2. The molecule has 1 fully saturated rings. The standard InChI is InChI=1S/C30H24BrNO6/c1-14-11-23(34)22-13-21-18(25(27(22)28(14)35)19-8-7-17(33)12-24(19)38-2)9-10-20-26(21)30(37)32(29(20)36)16-5-3-15(31)4-6-16/h3-9,11-12,20-21,25-26,33H,10,13H2,1-2H3. The number of allylic oxidation sites excluding steroid dienone is 6. The van der Waals surface area contributed by atoms with E-state index in [1.165, 1.54) is 30.2 Å². The second-order valence-corrected chi connectivity index (χ2v) is 11.1. The summed E-state index contributed by atoms with van der Waals surface area (Å²) in [5.74, 6) is -2.89. The van der Waals surface area contributed by atoms with Gasteiger partial charge in [0.2, 0.25) is 11.8 Å². The number of hydrogen-bond donors (Lipinski definition) is 1. The zero-order valence-electron chi connectivity index (χ0n) is 20.7. The summed E-state index contributed by atoms with van der Waals surface area (Å²) in [4.78, 5) is 55.4. The first-order chi connectivity index (χ1) is 18.2. The van der Waals surface area contributed by atoms with Crippen LogP contribution >= 0.6 is 15.9 Å². The van der Waals surface area contributed by atoms with Gasteiger partial charge in [-0.15, -0.1) is 0 Å². The number of carbonyl (C=O) groups excluding carboxylic acids is 4. The summed E-state index contributed by atoms with van der Waals surface area (Å²) in [6, 6.07) is 11.7. The van der Waals surface area contributed by atoms with Crippen molar-refractivity contribution in [2.45, 2.75) is 25.7 Å². The Morgan fingerprint density at radius 1 is 1.00 bits per heavy atom. The minimum Gasteiger partial charge on any atom is -0.508 e. The minimum absolute atomic E-state index is 0.00804. The maximum absolute atomic E-state index is 13.9. The monoisotopic (exact) mass is 573 g/mol. The quantitative estimate of drug-likeness (QED) is 0.321. The van der Waals surface area contributed by atoms with E-state index < -0.39 is 23.7 Å². The number of methoxy groups -OCH3 is 1. The SMILES string of the molecule is COc1cc(O)ccc1C1C2=CCC3C(=O)N(c4ccc(Br)cc4)C(=O)C3C2CC2=C1C(=O)C(C)=CC2=O. The summed E-state index contributed by atoms with van der Waals surface area (Å²) >= 11 is 3.39. The summed E-state index contributed by atoms with van der Waals surface area (Å²) in [7, 11) is 1.48. The molecule has 0 radical (unpaired) electrons. The molecule has 2 aromatic rings. The highest BCUT2D eigenvalue weighted by Crippen LogP contribution is 2.56. The number of phenols is 1. The number of nitrogens with zero attached hydrogens (tertiary/aromatic N) is 1. The highest BCUT2D eigenvalue weighted by molar-refractivity contribution is 9.10. The zero-order chi connectivity index (χ0) is 26.9. The predicted molar refractivity (Wildman–Crippen MR) is 143 cm³/mol. The van der Waals surface area contributed by atoms with Crippen LogP contribution in [0.4, 0.5) is 5.69 Å². The highest BCUT2D eigenvalue weighted by Gasteiger charge is 2.56. The Balaban J connectivity index is 1.50. The van der Waals surface area contributed by atoms with E-state index in [-0.39, 0.29) is 35.6 Å². The first kappa shape index (κ1) is 24.6. The van der Waals surface area contributed by atoms with Gasteiger partial charge >= 0.3 is 0 Å². The summed E-state index contributed by atoms with van der Waals surface area (Å²) in [6.07, 6.45) is 3.89. The maximum Gasteiger partial charge on any atom is 0.238 e. The molecule has 3 aliphatic carbocycles. The number of amides is 2. The van der Waals surface area contributed by atoms with E-state index in [2.05, 4.69) is 15.9 Å².